The molecular weight excluding hydrogens is 220 g/mol. The molecule has 86 valence electrons. The van der Waals surface area contributed by atoms with Gasteiger partial charge in [0, 0.05) is 18.2 Å². The maximum Gasteiger partial charge on any atom is 0.238 e. The van der Waals surface area contributed by atoms with E-state index < -0.39 is 0 Å². The average molecular weight is 236 g/mol. The van der Waals surface area contributed by atoms with Crippen LogP contribution in [0.15, 0.2) is 24.3 Å². The lowest BCUT2D eigenvalue weighted by Crippen LogP contribution is -2.41. The first kappa shape index (κ1) is 11.5. The molecule has 3 nitrogen and oxygen atoms in total. The first-order valence-corrected chi connectivity index (χ1v) is 6.55. The molecule has 0 bridgehead atoms. The number of hydrogen-bond donors (Lipinski definition) is 2. The largest absolute Gasteiger partial charge is 0.351 e. The molecule has 1 aromatic rings. The van der Waals surface area contributed by atoms with E-state index in [4.69, 9.17) is 0 Å². The molecule has 1 aromatic carbocycles. The van der Waals surface area contributed by atoms with Gasteiger partial charge in [-0.25, -0.2) is 0 Å². The Morgan fingerprint density at radius 3 is 2.88 bits per heavy atom. The molecule has 1 aliphatic heterocycles. The maximum absolute atomic E-state index is 11.7. The van der Waals surface area contributed by atoms with Gasteiger partial charge in [-0.1, -0.05) is 29.8 Å². The van der Waals surface area contributed by atoms with Gasteiger partial charge in [0.25, 0.3) is 0 Å². The highest BCUT2D eigenvalue weighted by atomic mass is 32.2. The smallest absolute Gasteiger partial charge is 0.238 e. The lowest BCUT2D eigenvalue weighted by Gasteiger charge is -2.10. The van der Waals surface area contributed by atoms with Crippen LogP contribution in [-0.4, -0.2) is 23.6 Å². The predicted octanol–water partition coefficient (Wildman–Crippen LogP) is 1.27. The molecule has 0 aliphatic carbocycles. The van der Waals surface area contributed by atoms with E-state index in [2.05, 4.69) is 29.7 Å². The summed E-state index contributed by atoms with van der Waals surface area (Å²) in [6.45, 7) is 2.67. The predicted molar refractivity (Wildman–Crippen MR) is 67.3 cm³/mol. The van der Waals surface area contributed by atoms with E-state index in [0.717, 1.165) is 17.2 Å². The highest BCUT2D eigenvalue weighted by molar-refractivity contribution is 7.99. The summed E-state index contributed by atoms with van der Waals surface area (Å²) in [5.74, 6) is 1.85. The zero-order chi connectivity index (χ0) is 11.4. The molecular formula is C12H16N2OS. The number of amides is 1. The van der Waals surface area contributed by atoms with E-state index in [1.807, 2.05) is 12.1 Å². The number of carbonyl (C=O) groups excluding carboxylic acids is 1. The van der Waals surface area contributed by atoms with Crippen LogP contribution in [0.3, 0.4) is 0 Å². The molecule has 0 spiro atoms. The van der Waals surface area contributed by atoms with Gasteiger partial charge in [-0.05, 0) is 12.5 Å². The Hall–Kier alpha value is -1.00. The second-order valence-electron chi connectivity index (χ2n) is 3.98. The monoisotopic (exact) mass is 236 g/mol. The molecule has 0 aromatic heterocycles. The highest BCUT2D eigenvalue weighted by Crippen LogP contribution is 2.09. The van der Waals surface area contributed by atoms with Crippen molar-refractivity contribution in [1.82, 2.24) is 10.6 Å². The van der Waals surface area contributed by atoms with E-state index >= 15 is 0 Å². The van der Waals surface area contributed by atoms with E-state index in [0.29, 0.717) is 6.54 Å². The minimum absolute atomic E-state index is 0.0181. The van der Waals surface area contributed by atoms with Crippen LogP contribution in [-0.2, 0) is 11.3 Å². The van der Waals surface area contributed by atoms with Gasteiger partial charge < -0.3 is 5.32 Å². The van der Waals surface area contributed by atoms with Crippen molar-refractivity contribution < 1.29 is 4.79 Å². The van der Waals surface area contributed by atoms with Crippen molar-refractivity contribution in [3.05, 3.63) is 35.4 Å². The van der Waals surface area contributed by atoms with Crippen LogP contribution in [0.4, 0.5) is 0 Å². The maximum atomic E-state index is 11.7. The van der Waals surface area contributed by atoms with E-state index in [1.165, 1.54) is 5.56 Å². The second kappa shape index (κ2) is 5.37. The van der Waals surface area contributed by atoms with Crippen molar-refractivity contribution in [2.45, 2.75) is 19.5 Å². The van der Waals surface area contributed by atoms with Crippen LogP contribution in [0.5, 0.6) is 0 Å². The SMILES string of the molecule is Cc1ccc(CNC(=O)[C@@H]2CSCN2)cc1. The van der Waals surface area contributed by atoms with E-state index in [1.54, 1.807) is 11.8 Å². The van der Waals surface area contributed by atoms with Crippen molar-refractivity contribution in [1.29, 1.82) is 0 Å². The van der Waals surface area contributed by atoms with Crippen LogP contribution in [0, 0.1) is 6.92 Å². The van der Waals surface area contributed by atoms with Crippen molar-refractivity contribution in [2.75, 3.05) is 11.6 Å². The molecule has 1 amide bonds. The Bertz CT molecular complexity index is 358. The van der Waals surface area contributed by atoms with Gasteiger partial charge >= 0.3 is 0 Å². The molecule has 1 heterocycles. The summed E-state index contributed by atoms with van der Waals surface area (Å²) in [6.07, 6.45) is 0. The van der Waals surface area contributed by atoms with Gasteiger partial charge in [0.2, 0.25) is 5.91 Å². The van der Waals surface area contributed by atoms with Crippen LogP contribution >= 0.6 is 11.8 Å². The fourth-order valence-corrected chi connectivity index (χ4v) is 2.52. The average Bonchev–Trinajstić information content (AvgIpc) is 2.81. The van der Waals surface area contributed by atoms with Gasteiger partial charge in [-0.3, -0.25) is 10.1 Å². The zero-order valence-electron chi connectivity index (χ0n) is 9.32. The molecule has 0 saturated carbocycles. The van der Waals surface area contributed by atoms with Gasteiger partial charge in [0.1, 0.15) is 0 Å². The number of rotatable bonds is 3. The number of carbonyl (C=O) groups is 1. The summed E-state index contributed by atoms with van der Waals surface area (Å²) in [6, 6.07) is 8.20. The number of thioether (sulfide) groups is 1. The molecule has 16 heavy (non-hydrogen) atoms. The third-order valence-corrected chi connectivity index (χ3v) is 3.56. The van der Waals surface area contributed by atoms with Crippen molar-refractivity contribution >= 4 is 17.7 Å². The quantitative estimate of drug-likeness (QED) is 0.830. The van der Waals surface area contributed by atoms with Crippen molar-refractivity contribution in [2.24, 2.45) is 0 Å². The Kier molecular flexibility index (Phi) is 3.85. The first-order chi connectivity index (χ1) is 7.75. The molecule has 2 rings (SSSR count). The molecule has 2 N–H and O–H groups in total. The Balaban J connectivity index is 1.82. The minimum Gasteiger partial charge on any atom is -0.351 e. The van der Waals surface area contributed by atoms with E-state index in [9.17, 15) is 4.79 Å². The van der Waals surface area contributed by atoms with Gasteiger partial charge in [0.15, 0.2) is 0 Å². The van der Waals surface area contributed by atoms with Crippen molar-refractivity contribution in [3.63, 3.8) is 0 Å². The third kappa shape index (κ3) is 3.00. The summed E-state index contributed by atoms with van der Waals surface area (Å²) < 4.78 is 0. The standard InChI is InChI=1S/C12H16N2OS/c1-9-2-4-10(5-3-9)6-13-12(15)11-7-16-8-14-11/h2-5,11,14H,6-8H2,1H3,(H,13,15)/t11-/m0/s1. The topological polar surface area (TPSA) is 41.1 Å². The lowest BCUT2D eigenvalue weighted by molar-refractivity contribution is -0.122. The van der Waals surface area contributed by atoms with Crippen LogP contribution in [0.25, 0.3) is 0 Å². The number of benzene rings is 1. The van der Waals surface area contributed by atoms with Gasteiger partial charge in [-0.15, -0.1) is 11.8 Å². The van der Waals surface area contributed by atoms with Gasteiger partial charge in [0.05, 0.1) is 6.04 Å². The molecule has 0 radical (unpaired) electrons. The Morgan fingerprint density at radius 1 is 1.50 bits per heavy atom. The second-order valence-corrected chi connectivity index (χ2v) is 5.01. The molecule has 4 heteroatoms. The number of nitrogens with one attached hydrogen (secondary N) is 2. The molecule has 0 unspecified atom stereocenters. The van der Waals surface area contributed by atoms with Gasteiger partial charge in [-0.2, -0.15) is 0 Å². The van der Waals surface area contributed by atoms with Crippen LogP contribution in [0.1, 0.15) is 11.1 Å². The van der Waals surface area contributed by atoms with Crippen LogP contribution < -0.4 is 10.6 Å². The third-order valence-electron chi connectivity index (χ3n) is 2.62. The van der Waals surface area contributed by atoms with E-state index in [-0.39, 0.29) is 11.9 Å². The molecule has 1 aliphatic rings. The normalized spacial score (nSPS) is 19.7. The molecule has 1 atom stereocenters. The summed E-state index contributed by atoms with van der Waals surface area (Å²) in [5.41, 5.74) is 2.38. The fourth-order valence-electron chi connectivity index (χ4n) is 1.58. The van der Waals surface area contributed by atoms with Crippen molar-refractivity contribution in [3.8, 4) is 0 Å². The summed E-state index contributed by atoms with van der Waals surface area (Å²) in [5, 5.41) is 6.10. The summed E-state index contributed by atoms with van der Waals surface area (Å²) in [4.78, 5) is 11.7. The zero-order valence-corrected chi connectivity index (χ0v) is 10.1. The number of aryl methyl sites for hydroxylation is 1. The molecule has 1 saturated heterocycles. The fraction of sp³-hybridized carbons (Fsp3) is 0.417. The summed E-state index contributed by atoms with van der Waals surface area (Å²) in [7, 11) is 0. The first-order valence-electron chi connectivity index (χ1n) is 5.40. The minimum atomic E-state index is -0.0181. The Labute approximate surface area is 100.0 Å². The summed E-state index contributed by atoms with van der Waals surface area (Å²) >= 11 is 1.76. The lowest BCUT2D eigenvalue weighted by atomic mass is 10.1. The molecule has 1 fully saturated rings. The number of hydrogen-bond acceptors (Lipinski definition) is 3. The highest BCUT2D eigenvalue weighted by Gasteiger charge is 2.21. The van der Waals surface area contributed by atoms with Crippen LogP contribution in [0.2, 0.25) is 0 Å². The Morgan fingerprint density at radius 2 is 2.25 bits per heavy atom.